The molecule has 0 aromatic carbocycles. The van der Waals surface area contributed by atoms with E-state index in [1.807, 2.05) is 0 Å². The number of carbonyl (C=O) groups is 4. The predicted octanol–water partition coefficient (Wildman–Crippen LogP) is 19.3. The van der Waals surface area contributed by atoms with Crippen LogP contribution in [0.4, 0.5) is 0 Å². The minimum Gasteiger partial charge on any atom is -0.462 e. The van der Waals surface area contributed by atoms with Gasteiger partial charge in [0.05, 0.1) is 26.4 Å². The third kappa shape index (κ3) is 59.1. The number of esters is 4. The molecule has 0 saturated heterocycles. The largest absolute Gasteiger partial charge is 0.472 e. The minimum absolute atomic E-state index is 0.102. The van der Waals surface area contributed by atoms with Gasteiger partial charge in [0, 0.05) is 25.7 Å². The van der Waals surface area contributed by atoms with E-state index in [-0.39, 0.29) is 25.7 Å². The van der Waals surface area contributed by atoms with Crippen molar-refractivity contribution >= 4 is 39.5 Å². The van der Waals surface area contributed by atoms with Crippen LogP contribution in [0.3, 0.4) is 0 Å². The molecular formula is C69H134O17P2. The molecule has 0 rings (SSSR count). The van der Waals surface area contributed by atoms with Crippen LogP contribution in [-0.4, -0.2) is 96.7 Å². The molecule has 0 fully saturated rings. The third-order valence-corrected chi connectivity index (χ3v) is 18.8. The fourth-order valence-electron chi connectivity index (χ4n) is 10.2. The Kier molecular flexibility index (Phi) is 57.6. The molecule has 8 atom stereocenters. The maximum absolute atomic E-state index is 13.0. The lowest BCUT2D eigenvalue weighted by Gasteiger charge is -2.21. The van der Waals surface area contributed by atoms with E-state index in [2.05, 4.69) is 55.4 Å². The fraction of sp³-hybridized carbons (Fsp3) is 0.942. The number of phosphoric ester groups is 2. The lowest BCUT2D eigenvalue weighted by Crippen LogP contribution is -2.30. The molecule has 17 nitrogen and oxygen atoms in total. The zero-order chi connectivity index (χ0) is 65.4. The summed E-state index contributed by atoms with van der Waals surface area (Å²) in [4.78, 5) is 72.5. The van der Waals surface area contributed by atoms with Crippen LogP contribution in [-0.2, 0) is 65.4 Å². The Balaban J connectivity index is 5.25. The van der Waals surface area contributed by atoms with E-state index in [4.69, 9.17) is 37.0 Å². The van der Waals surface area contributed by atoms with Crippen molar-refractivity contribution in [1.29, 1.82) is 0 Å². The summed E-state index contributed by atoms with van der Waals surface area (Å²) in [5.74, 6) is 0.892. The summed E-state index contributed by atoms with van der Waals surface area (Å²) in [6.45, 7) is 14.1. The predicted molar refractivity (Wildman–Crippen MR) is 354 cm³/mol. The van der Waals surface area contributed by atoms with Gasteiger partial charge < -0.3 is 33.8 Å². The standard InChI is InChI=1S/C69H134O17P2/c1-9-60(6)46-38-30-22-18-15-16-19-23-33-41-49-66(71)79-55-65(86-69(74)52-44-36-28-26-32-40-48-62(8)11-3)58-84-88(77,78)82-54-63(70)53-81-87(75,76)83-57-64(56-80-67(72)50-42-34-27-25-31-39-47-61(7)10-2)85-68(73)51-43-35-24-20-14-12-13-17-21-29-37-45-59(4)5/h59-65,70H,9-58H2,1-8H3,(H,75,76)(H,77,78)/t60?,61?,62?,63-,64+,65+/m0/s1. The van der Waals surface area contributed by atoms with E-state index < -0.39 is 97.5 Å². The molecule has 88 heavy (non-hydrogen) atoms. The van der Waals surface area contributed by atoms with Gasteiger partial charge in [-0.3, -0.25) is 37.3 Å². The summed E-state index contributed by atoms with van der Waals surface area (Å²) >= 11 is 0. The first-order valence-electron chi connectivity index (χ1n) is 35.8. The van der Waals surface area contributed by atoms with E-state index in [0.717, 1.165) is 120 Å². The van der Waals surface area contributed by atoms with Gasteiger partial charge in [0.1, 0.15) is 19.3 Å². The highest BCUT2D eigenvalue weighted by molar-refractivity contribution is 7.47. The molecule has 19 heteroatoms. The fourth-order valence-corrected chi connectivity index (χ4v) is 11.8. The van der Waals surface area contributed by atoms with Crippen LogP contribution in [0, 0.1) is 23.7 Å². The number of rotatable bonds is 66. The highest BCUT2D eigenvalue weighted by Gasteiger charge is 2.30. The van der Waals surface area contributed by atoms with Crippen molar-refractivity contribution in [2.24, 2.45) is 23.7 Å². The molecule has 0 spiro atoms. The van der Waals surface area contributed by atoms with Crippen molar-refractivity contribution in [3.8, 4) is 0 Å². The lowest BCUT2D eigenvalue weighted by atomic mass is 9.99. The van der Waals surface area contributed by atoms with E-state index in [0.29, 0.717) is 25.7 Å². The average Bonchev–Trinajstić information content (AvgIpc) is 3.56. The van der Waals surface area contributed by atoms with E-state index in [9.17, 15) is 43.2 Å². The summed E-state index contributed by atoms with van der Waals surface area (Å²) in [7, 11) is -9.90. The van der Waals surface area contributed by atoms with Gasteiger partial charge in [-0.25, -0.2) is 9.13 Å². The molecule has 0 saturated carbocycles. The normalized spacial score (nSPS) is 15.2. The molecule has 522 valence electrons. The second kappa shape index (κ2) is 58.8. The van der Waals surface area contributed by atoms with Crippen LogP contribution >= 0.6 is 15.6 Å². The second-order valence-corrected chi connectivity index (χ2v) is 29.0. The van der Waals surface area contributed by atoms with Crippen molar-refractivity contribution < 1.29 is 80.2 Å². The van der Waals surface area contributed by atoms with Crippen LogP contribution in [0.15, 0.2) is 0 Å². The summed E-state index contributed by atoms with van der Waals surface area (Å²) in [5, 5.41) is 10.6. The second-order valence-electron chi connectivity index (χ2n) is 26.1. The zero-order valence-corrected chi connectivity index (χ0v) is 59.1. The first kappa shape index (κ1) is 86.1. The van der Waals surface area contributed by atoms with Gasteiger partial charge in [-0.05, 0) is 49.4 Å². The number of hydrogen-bond donors (Lipinski definition) is 3. The van der Waals surface area contributed by atoms with Crippen LogP contribution in [0.2, 0.25) is 0 Å². The molecule has 0 heterocycles. The van der Waals surface area contributed by atoms with Gasteiger partial charge in [-0.1, -0.05) is 287 Å². The Hall–Kier alpha value is -1.94. The molecule has 5 unspecified atom stereocenters. The molecule has 3 N–H and O–H groups in total. The van der Waals surface area contributed by atoms with Crippen LogP contribution in [0.5, 0.6) is 0 Å². The molecule has 0 amide bonds. The third-order valence-electron chi connectivity index (χ3n) is 16.9. The maximum atomic E-state index is 13.0. The summed E-state index contributed by atoms with van der Waals surface area (Å²) in [6, 6.07) is 0. The Bertz CT molecular complexity index is 1750. The van der Waals surface area contributed by atoms with E-state index in [1.165, 1.54) is 135 Å². The minimum atomic E-state index is -4.95. The lowest BCUT2D eigenvalue weighted by molar-refractivity contribution is -0.161. The first-order valence-corrected chi connectivity index (χ1v) is 38.8. The van der Waals surface area contributed by atoms with Crippen molar-refractivity contribution in [3.63, 3.8) is 0 Å². The highest BCUT2D eigenvalue weighted by atomic mass is 31.2. The number of unbranched alkanes of at least 4 members (excludes halogenated alkanes) is 29. The first-order chi connectivity index (χ1) is 42.2. The Morgan fingerprint density at radius 1 is 0.318 bits per heavy atom. The molecule has 0 aliphatic rings. The van der Waals surface area contributed by atoms with Gasteiger partial charge in [0.2, 0.25) is 0 Å². The molecule has 0 aliphatic heterocycles. The number of carbonyl (C=O) groups excluding carboxylic acids is 4. The summed E-state index contributed by atoms with van der Waals surface area (Å²) < 4.78 is 68.2. The van der Waals surface area contributed by atoms with Crippen LogP contribution < -0.4 is 0 Å². The molecular weight excluding hydrogens is 1160 g/mol. The Labute approximate surface area is 537 Å². The van der Waals surface area contributed by atoms with Crippen LogP contribution in [0.1, 0.15) is 338 Å². The molecule has 0 aromatic rings. The van der Waals surface area contributed by atoms with Gasteiger partial charge in [0.15, 0.2) is 12.2 Å². The van der Waals surface area contributed by atoms with Gasteiger partial charge in [-0.15, -0.1) is 0 Å². The zero-order valence-electron chi connectivity index (χ0n) is 57.3. The molecule has 0 bridgehead atoms. The van der Waals surface area contributed by atoms with Gasteiger partial charge in [0.25, 0.3) is 0 Å². The monoisotopic (exact) mass is 1300 g/mol. The quantitative estimate of drug-likeness (QED) is 0.0222. The smallest absolute Gasteiger partial charge is 0.462 e. The number of ether oxygens (including phenoxy) is 4. The summed E-state index contributed by atoms with van der Waals surface area (Å²) in [6.07, 6.45) is 40.3. The van der Waals surface area contributed by atoms with Crippen LogP contribution in [0.25, 0.3) is 0 Å². The van der Waals surface area contributed by atoms with Gasteiger partial charge in [-0.2, -0.15) is 0 Å². The molecule has 0 aromatic heterocycles. The highest BCUT2D eigenvalue weighted by Crippen LogP contribution is 2.45. The molecule has 0 aliphatic carbocycles. The summed E-state index contributed by atoms with van der Waals surface area (Å²) in [5.41, 5.74) is 0. The topological polar surface area (TPSA) is 237 Å². The van der Waals surface area contributed by atoms with Crippen molar-refractivity contribution in [1.82, 2.24) is 0 Å². The number of hydrogen-bond acceptors (Lipinski definition) is 15. The molecule has 0 radical (unpaired) electrons. The van der Waals surface area contributed by atoms with E-state index >= 15 is 0 Å². The SMILES string of the molecule is CCC(C)CCCCCCCCCCCCC(=O)OC[C@H](COP(=O)(O)OC[C@@H](O)COP(=O)(O)OC[C@@H](COC(=O)CCCCCCCCC(C)CC)OC(=O)CCCCCCCCCCCCCC(C)C)OC(=O)CCCCCCCCC(C)CC. The van der Waals surface area contributed by atoms with Gasteiger partial charge >= 0.3 is 39.5 Å². The van der Waals surface area contributed by atoms with Crippen molar-refractivity contribution in [3.05, 3.63) is 0 Å². The Morgan fingerprint density at radius 3 is 0.807 bits per heavy atom. The maximum Gasteiger partial charge on any atom is 0.472 e. The average molecular weight is 1300 g/mol. The van der Waals surface area contributed by atoms with E-state index in [1.54, 1.807) is 0 Å². The van der Waals surface area contributed by atoms with Crippen molar-refractivity contribution in [2.45, 2.75) is 356 Å². The van der Waals surface area contributed by atoms with Crippen molar-refractivity contribution in [2.75, 3.05) is 39.6 Å². The number of phosphoric acid groups is 2. The number of aliphatic hydroxyl groups excluding tert-OH is 1. The Morgan fingerprint density at radius 2 is 0.545 bits per heavy atom. The number of aliphatic hydroxyl groups is 1.